The normalized spacial score (nSPS) is 19.0. The lowest BCUT2D eigenvalue weighted by atomic mass is 9.86. The Bertz CT molecular complexity index is 842. The number of hydrogen-bond donors (Lipinski definition) is 1. The Morgan fingerprint density at radius 1 is 1.26 bits per heavy atom. The predicted octanol–water partition coefficient (Wildman–Crippen LogP) is 3.11. The van der Waals surface area contributed by atoms with Gasteiger partial charge in [0.15, 0.2) is 0 Å². The van der Waals surface area contributed by atoms with Crippen molar-refractivity contribution in [2.75, 3.05) is 18.0 Å². The zero-order chi connectivity index (χ0) is 18.8. The van der Waals surface area contributed by atoms with Gasteiger partial charge in [-0.3, -0.25) is 4.79 Å². The van der Waals surface area contributed by atoms with Gasteiger partial charge in [0.05, 0.1) is 0 Å². The number of nitrogens with zero attached hydrogens (tertiary/aromatic N) is 3. The highest BCUT2D eigenvalue weighted by Gasteiger charge is 2.27. The van der Waals surface area contributed by atoms with Crippen LogP contribution in [0.2, 0.25) is 0 Å². The van der Waals surface area contributed by atoms with Crippen LogP contribution in [0, 0.1) is 19.8 Å². The summed E-state index contributed by atoms with van der Waals surface area (Å²) in [7, 11) is 0. The second-order valence-electron chi connectivity index (χ2n) is 7.92. The van der Waals surface area contributed by atoms with Crippen molar-refractivity contribution in [1.29, 1.82) is 0 Å². The fourth-order valence-electron chi connectivity index (χ4n) is 4.11. The molecule has 5 nitrogen and oxygen atoms in total. The van der Waals surface area contributed by atoms with Crippen LogP contribution in [0.3, 0.4) is 0 Å². The molecule has 5 heteroatoms. The Balaban J connectivity index is 1.38. The van der Waals surface area contributed by atoms with Gasteiger partial charge in [-0.05, 0) is 62.6 Å². The van der Waals surface area contributed by atoms with Gasteiger partial charge in [0.1, 0.15) is 0 Å². The van der Waals surface area contributed by atoms with Crippen LogP contribution < -0.4 is 10.2 Å². The Kier molecular flexibility index (Phi) is 5.10. The minimum atomic E-state index is 0.0175. The largest absolute Gasteiger partial charge is 0.352 e. The molecule has 2 aliphatic rings. The molecule has 2 heterocycles. The molecule has 0 unspecified atom stereocenters. The molecule has 0 bridgehead atoms. The van der Waals surface area contributed by atoms with E-state index in [4.69, 9.17) is 4.98 Å². The van der Waals surface area contributed by atoms with Gasteiger partial charge < -0.3 is 10.2 Å². The quantitative estimate of drug-likeness (QED) is 0.906. The summed E-state index contributed by atoms with van der Waals surface area (Å²) < 4.78 is 0. The highest BCUT2D eigenvalue weighted by Crippen LogP contribution is 2.26. The third-order valence-corrected chi connectivity index (χ3v) is 5.85. The van der Waals surface area contributed by atoms with Crippen molar-refractivity contribution in [3.8, 4) is 0 Å². The molecule has 0 saturated carbocycles. The molecule has 1 aromatic carbocycles. The third kappa shape index (κ3) is 3.97. The lowest BCUT2D eigenvalue weighted by Gasteiger charge is -2.24. The third-order valence-electron chi connectivity index (χ3n) is 5.85. The smallest absolute Gasteiger partial charge is 0.225 e. The molecule has 1 atom stereocenters. The van der Waals surface area contributed by atoms with Crippen molar-refractivity contribution in [3.05, 3.63) is 52.3 Å². The number of carbonyl (C=O) groups excluding carboxylic acids is 1. The summed E-state index contributed by atoms with van der Waals surface area (Å²) in [5.41, 5.74) is 5.90. The second-order valence-corrected chi connectivity index (χ2v) is 7.92. The summed E-state index contributed by atoms with van der Waals surface area (Å²) in [4.78, 5) is 24.3. The van der Waals surface area contributed by atoms with E-state index < -0.39 is 0 Å². The zero-order valence-electron chi connectivity index (χ0n) is 16.3. The van der Waals surface area contributed by atoms with E-state index in [0.717, 1.165) is 49.6 Å². The fourth-order valence-corrected chi connectivity index (χ4v) is 4.11. The molecule has 1 amide bonds. The van der Waals surface area contributed by atoms with E-state index in [1.165, 1.54) is 29.5 Å². The summed E-state index contributed by atoms with van der Waals surface area (Å²) >= 11 is 0. The van der Waals surface area contributed by atoms with Gasteiger partial charge in [0.2, 0.25) is 11.9 Å². The van der Waals surface area contributed by atoms with Crippen molar-refractivity contribution in [2.45, 2.75) is 52.5 Å². The van der Waals surface area contributed by atoms with Crippen LogP contribution in [0.25, 0.3) is 0 Å². The van der Waals surface area contributed by atoms with Crippen molar-refractivity contribution >= 4 is 11.9 Å². The van der Waals surface area contributed by atoms with Crippen LogP contribution in [-0.2, 0) is 24.2 Å². The Labute approximate surface area is 161 Å². The van der Waals surface area contributed by atoms with Gasteiger partial charge in [0, 0.05) is 37.4 Å². The molecule has 0 radical (unpaired) electrons. The average molecular weight is 364 g/mol. The standard InChI is InChI=1S/C22H28N4O/c1-15-5-6-16(2)18(11-15)13-23-21(27)17-7-8-20-19(12-17)14-24-22(25-20)26-9-3-4-10-26/h5-6,11,14,17H,3-4,7-10,12-13H2,1-2H3,(H,23,27)/t17-/m0/s1. The average Bonchev–Trinajstić information content (AvgIpc) is 3.22. The maximum absolute atomic E-state index is 12.7. The van der Waals surface area contributed by atoms with Gasteiger partial charge in [0.25, 0.3) is 0 Å². The first-order valence-electron chi connectivity index (χ1n) is 10.0. The topological polar surface area (TPSA) is 58.1 Å². The van der Waals surface area contributed by atoms with E-state index in [1.54, 1.807) is 0 Å². The number of aromatic nitrogens is 2. The monoisotopic (exact) mass is 364 g/mol. The van der Waals surface area contributed by atoms with Crippen molar-refractivity contribution in [1.82, 2.24) is 15.3 Å². The van der Waals surface area contributed by atoms with Gasteiger partial charge in [-0.25, -0.2) is 9.97 Å². The number of hydrogen-bond acceptors (Lipinski definition) is 4. The zero-order valence-corrected chi connectivity index (χ0v) is 16.3. The van der Waals surface area contributed by atoms with Gasteiger partial charge in [-0.15, -0.1) is 0 Å². The summed E-state index contributed by atoms with van der Waals surface area (Å²) in [6.45, 7) is 6.89. The molecule has 1 aliphatic carbocycles. The van der Waals surface area contributed by atoms with Crippen LogP contribution in [0.15, 0.2) is 24.4 Å². The number of fused-ring (bicyclic) bond motifs is 1. The molecule has 142 valence electrons. The van der Waals surface area contributed by atoms with E-state index in [1.807, 2.05) is 6.20 Å². The molecule has 1 aliphatic heterocycles. The summed E-state index contributed by atoms with van der Waals surface area (Å²) in [5, 5.41) is 3.14. The van der Waals surface area contributed by atoms with Crippen LogP contribution in [0.5, 0.6) is 0 Å². The highest BCUT2D eigenvalue weighted by molar-refractivity contribution is 5.79. The van der Waals surface area contributed by atoms with E-state index in [2.05, 4.69) is 47.2 Å². The molecule has 1 aromatic heterocycles. The molecular formula is C22H28N4O. The molecule has 2 aromatic rings. The van der Waals surface area contributed by atoms with Crippen molar-refractivity contribution in [2.24, 2.45) is 5.92 Å². The van der Waals surface area contributed by atoms with Crippen LogP contribution in [0.1, 0.15) is 47.2 Å². The van der Waals surface area contributed by atoms with Crippen LogP contribution in [0.4, 0.5) is 5.95 Å². The highest BCUT2D eigenvalue weighted by atomic mass is 16.1. The molecule has 1 fully saturated rings. The molecular weight excluding hydrogens is 336 g/mol. The van der Waals surface area contributed by atoms with Crippen molar-refractivity contribution < 1.29 is 4.79 Å². The second kappa shape index (κ2) is 7.67. The number of amides is 1. The van der Waals surface area contributed by atoms with Gasteiger partial charge >= 0.3 is 0 Å². The van der Waals surface area contributed by atoms with Gasteiger partial charge in [-0.1, -0.05) is 23.8 Å². The first-order valence-corrected chi connectivity index (χ1v) is 10.0. The SMILES string of the molecule is Cc1ccc(C)c(CNC(=O)[C@H]2CCc3nc(N4CCCC4)ncc3C2)c1. The maximum Gasteiger partial charge on any atom is 0.225 e. The lowest BCUT2D eigenvalue weighted by molar-refractivity contribution is -0.125. The molecule has 4 rings (SSSR count). The molecule has 0 spiro atoms. The van der Waals surface area contributed by atoms with E-state index in [9.17, 15) is 4.79 Å². The lowest BCUT2D eigenvalue weighted by Crippen LogP contribution is -2.34. The van der Waals surface area contributed by atoms with Gasteiger partial charge in [-0.2, -0.15) is 0 Å². The van der Waals surface area contributed by atoms with Crippen LogP contribution >= 0.6 is 0 Å². The first kappa shape index (κ1) is 18.0. The van der Waals surface area contributed by atoms with Crippen LogP contribution in [-0.4, -0.2) is 29.0 Å². The number of anilines is 1. The Morgan fingerprint density at radius 3 is 2.89 bits per heavy atom. The Hall–Kier alpha value is -2.43. The molecule has 1 N–H and O–H groups in total. The summed E-state index contributed by atoms with van der Waals surface area (Å²) in [6.07, 6.45) is 6.86. The van der Waals surface area contributed by atoms with Crippen molar-refractivity contribution in [3.63, 3.8) is 0 Å². The van der Waals surface area contributed by atoms with E-state index >= 15 is 0 Å². The number of aryl methyl sites for hydroxylation is 3. The minimum absolute atomic E-state index is 0.0175. The predicted molar refractivity (Wildman–Crippen MR) is 107 cm³/mol. The Morgan fingerprint density at radius 2 is 2.07 bits per heavy atom. The molecule has 27 heavy (non-hydrogen) atoms. The summed E-state index contributed by atoms with van der Waals surface area (Å²) in [5.74, 6) is 1.03. The van der Waals surface area contributed by atoms with E-state index in [0.29, 0.717) is 6.54 Å². The number of nitrogens with one attached hydrogen (secondary N) is 1. The number of rotatable bonds is 4. The number of carbonyl (C=O) groups is 1. The first-order chi connectivity index (χ1) is 13.1. The summed E-state index contributed by atoms with van der Waals surface area (Å²) in [6, 6.07) is 6.37. The fraction of sp³-hybridized carbons (Fsp3) is 0.500. The van der Waals surface area contributed by atoms with E-state index in [-0.39, 0.29) is 11.8 Å². The molecule has 1 saturated heterocycles. The maximum atomic E-state index is 12.7. The number of benzene rings is 1. The minimum Gasteiger partial charge on any atom is -0.352 e.